The van der Waals surface area contributed by atoms with Crippen molar-refractivity contribution in [1.82, 2.24) is 0 Å². The fourth-order valence-electron chi connectivity index (χ4n) is 1.95. The normalized spacial score (nSPS) is 10.5. The van der Waals surface area contributed by atoms with E-state index < -0.39 is 40.6 Å². The van der Waals surface area contributed by atoms with Crippen LogP contribution in [0.1, 0.15) is 17.3 Å². The number of rotatable bonds is 3. The Labute approximate surface area is 138 Å². The molecule has 0 saturated heterocycles. The minimum atomic E-state index is -2.34. The molecule has 0 atom stereocenters. The summed E-state index contributed by atoms with van der Waals surface area (Å²) in [5.74, 6) is -12.9. The van der Waals surface area contributed by atoms with E-state index in [4.69, 9.17) is 0 Å². The number of hydrogen-bond donors (Lipinski definition) is 1. The molecule has 0 radical (unpaired) electrons. The molecule has 0 aliphatic carbocycles. The fourth-order valence-corrected chi connectivity index (χ4v) is 1.95. The summed E-state index contributed by atoms with van der Waals surface area (Å²) in [5, 5.41) is 2.03. The van der Waals surface area contributed by atoms with Crippen LogP contribution in [0.4, 0.5) is 33.3 Å². The number of nitrogens with one attached hydrogen (secondary N) is 1. The number of anilines is 2. The Morgan fingerprint density at radius 2 is 1.28 bits per heavy atom. The van der Waals surface area contributed by atoms with Gasteiger partial charge in [0.15, 0.2) is 23.3 Å². The maximum atomic E-state index is 13.6. The summed E-state index contributed by atoms with van der Waals surface area (Å²) in [5.41, 5.74) is -1.07. The summed E-state index contributed by atoms with van der Waals surface area (Å²) < 4.78 is 66.4. The Hall–Kier alpha value is -2.97. The van der Waals surface area contributed by atoms with Gasteiger partial charge in [0.2, 0.25) is 11.7 Å². The first kappa shape index (κ1) is 18.4. The van der Waals surface area contributed by atoms with Crippen LogP contribution in [0.3, 0.4) is 0 Å². The molecule has 0 aliphatic rings. The Balaban J connectivity index is 2.31. The summed E-state index contributed by atoms with van der Waals surface area (Å²) in [6, 6.07) is 5.46. The van der Waals surface area contributed by atoms with E-state index in [0.29, 0.717) is 5.69 Å². The Morgan fingerprint density at radius 1 is 0.840 bits per heavy atom. The minimum Gasteiger partial charge on any atom is -0.322 e. The van der Waals surface area contributed by atoms with E-state index in [2.05, 4.69) is 0 Å². The molecule has 0 unspecified atom stereocenters. The molecule has 2 aromatic rings. The van der Waals surface area contributed by atoms with E-state index in [1.54, 1.807) is 0 Å². The molecule has 132 valence electrons. The highest BCUT2D eigenvalue weighted by atomic mass is 19.2. The van der Waals surface area contributed by atoms with Crippen LogP contribution in [-0.4, -0.2) is 18.9 Å². The van der Waals surface area contributed by atoms with Gasteiger partial charge < -0.3 is 10.2 Å². The molecule has 0 bridgehead atoms. The van der Waals surface area contributed by atoms with Crippen molar-refractivity contribution in [3.8, 4) is 0 Å². The lowest BCUT2D eigenvalue weighted by molar-refractivity contribution is -0.116. The van der Waals surface area contributed by atoms with Crippen molar-refractivity contribution < 1.29 is 31.5 Å². The lowest BCUT2D eigenvalue weighted by atomic mass is 10.1. The van der Waals surface area contributed by atoms with Crippen molar-refractivity contribution in [2.75, 3.05) is 17.3 Å². The molecule has 0 aliphatic heterocycles. The summed E-state index contributed by atoms with van der Waals surface area (Å²) in [6.07, 6.45) is 0. The van der Waals surface area contributed by atoms with E-state index in [9.17, 15) is 31.5 Å². The van der Waals surface area contributed by atoms with Crippen LogP contribution >= 0.6 is 0 Å². The highest BCUT2D eigenvalue weighted by Gasteiger charge is 2.29. The van der Waals surface area contributed by atoms with Gasteiger partial charge in [0.25, 0.3) is 5.91 Å². The molecule has 2 rings (SSSR count). The van der Waals surface area contributed by atoms with Gasteiger partial charge in [-0.2, -0.15) is 0 Å². The zero-order valence-corrected chi connectivity index (χ0v) is 13.0. The predicted octanol–water partition coefficient (Wildman–Crippen LogP) is 3.62. The predicted molar refractivity (Wildman–Crippen MR) is 79.7 cm³/mol. The van der Waals surface area contributed by atoms with Gasteiger partial charge >= 0.3 is 0 Å². The van der Waals surface area contributed by atoms with Crippen LogP contribution in [0.15, 0.2) is 24.3 Å². The van der Waals surface area contributed by atoms with Crippen LogP contribution in [0, 0.1) is 29.1 Å². The first-order valence-electron chi connectivity index (χ1n) is 6.82. The van der Waals surface area contributed by atoms with Gasteiger partial charge in [-0.3, -0.25) is 9.59 Å². The average Bonchev–Trinajstić information content (AvgIpc) is 2.58. The Bertz CT molecular complexity index is 824. The molecular formula is C16H11F5N2O2. The van der Waals surface area contributed by atoms with Gasteiger partial charge in [0, 0.05) is 25.3 Å². The summed E-state index contributed by atoms with van der Waals surface area (Å²) in [6.45, 7) is 1.33. The number of hydrogen-bond acceptors (Lipinski definition) is 2. The third-order valence-electron chi connectivity index (χ3n) is 3.42. The third-order valence-corrected chi connectivity index (χ3v) is 3.42. The average molecular weight is 358 g/mol. The maximum Gasteiger partial charge on any atom is 0.261 e. The molecule has 0 heterocycles. The van der Waals surface area contributed by atoms with Crippen LogP contribution < -0.4 is 10.2 Å². The van der Waals surface area contributed by atoms with E-state index in [0.717, 1.165) is 0 Å². The van der Waals surface area contributed by atoms with Crippen molar-refractivity contribution in [2.24, 2.45) is 0 Å². The number of carbonyl (C=O) groups is 2. The molecule has 0 spiro atoms. The smallest absolute Gasteiger partial charge is 0.261 e. The SMILES string of the molecule is CC(=O)N(C)c1ccc(NC(=O)c2c(F)c(F)c(F)c(F)c2F)cc1. The lowest BCUT2D eigenvalue weighted by Gasteiger charge is -2.15. The van der Waals surface area contributed by atoms with Gasteiger partial charge in [-0.1, -0.05) is 0 Å². The third kappa shape index (κ3) is 3.44. The molecule has 4 nitrogen and oxygen atoms in total. The van der Waals surface area contributed by atoms with E-state index in [1.165, 1.54) is 43.1 Å². The van der Waals surface area contributed by atoms with Gasteiger partial charge in [-0.25, -0.2) is 22.0 Å². The summed E-state index contributed by atoms with van der Waals surface area (Å²) in [4.78, 5) is 24.4. The molecule has 2 aromatic carbocycles. The first-order valence-corrected chi connectivity index (χ1v) is 6.82. The van der Waals surface area contributed by atoms with Crippen molar-refractivity contribution in [3.63, 3.8) is 0 Å². The zero-order chi connectivity index (χ0) is 18.9. The molecular weight excluding hydrogens is 347 g/mol. The van der Waals surface area contributed by atoms with Gasteiger partial charge in [0.1, 0.15) is 5.56 Å². The van der Waals surface area contributed by atoms with Gasteiger partial charge in [-0.15, -0.1) is 0 Å². The summed E-state index contributed by atoms with van der Waals surface area (Å²) >= 11 is 0. The van der Waals surface area contributed by atoms with Crippen molar-refractivity contribution in [2.45, 2.75) is 6.92 Å². The largest absolute Gasteiger partial charge is 0.322 e. The number of halogens is 5. The molecule has 1 N–H and O–H groups in total. The second-order valence-electron chi connectivity index (χ2n) is 5.02. The van der Waals surface area contributed by atoms with Gasteiger partial charge in [-0.05, 0) is 24.3 Å². The highest BCUT2D eigenvalue weighted by molar-refractivity contribution is 6.04. The fraction of sp³-hybridized carbons (Fsp3) is 0.125. The van der Waals surface area contributed by atoms with Crippen molar-refractivity contribution in [1.29, 1.82) is 0 Å². The topological polar surface area (TPSA) is 49.4 Å². The lowest BCUT2D eigenvalue weighted by Crippen LogP contribution is -2.22. The highest BCUT2D eigenvalue weighted by Crippen LogP contribution is 2.24. The number of benzene rings is 2. The van der Waals surface area contributed by atoms with Crippen molar-refractivity contribution >= 4 is 23.2 Å². The molecule has 25 heavy (non-hydrogen) atoms. The quantitative estimate of drug-likeness (QED) is 0.518. The summed E-state index contributed by atoms with van der Waals surface area (Å²) in [7, 11) is 1.50. The molecule has 2 amide bonds. The molecule has 0 saturated carbocycles. The first-order chi connectivity index (χ1) is 11.6. The van der Waals surface area contributed by atoms with E-state index in [-0.39, 0.29) is 11.6 Å². The van der Waals surface area contributed by atoms with Crippen LogP contribution in [0.2, 0.25) is 0 Å². The van der Waals surface area contributed by atoms with Crippen LogP contribution in [-0.2, 0) is 4.79 Å². The standard InChI is InChI=1S/C16H11F5N2O2/c1-7(24)23(2)9-5-3-8(4-6-9)22-16(25)10-11(17)13(19)15(21)14(20)12(10)18/h3-6H,1-2H3,(H,22,25). The second-order valence-corrected chi connectivity index (χ2v) is 5.02. The number of nitrogens with zero attached hydrogens (tertiary/aromatic N) is 1. The molecule has 9 heteroatoms. The number of carbonyl (C=O) groups excluding carboxylic acids is 2. The van der Waals surface area contributed by atoms with E-state index >= 15 is 0 Å². The maximum absolute atomic E-state index is 13.6. The Kier molecular flexibility index (Phi) is 5.05. The van der Waals surface area contributed by atoms with E-state index in [1.807, 2.05) is 5.32 Å². The molecule has 0 fully saturated rings. The monoisotopic (exact) mass is 358 g/mol. The van der Waals surface area contributed by atoms with Crippen LogP contribution in [0.25, 0.3) is 0 Å². The van der Waals surface area contributed by atoms with Crippen molar-refractivity contribution in [3.05, 3.63) is 58.9 Å². The zero-order valence-electron chi connectivity index (χ0n) is 13.0. The number of amides is 2. The second kappa shape index (κ2) is 6.88. The Morgan fingerprint density at radius 3 is 1.72 bits per heavy atom. The molecule has 0 aromatic heterocycles. The van der Waals surface area contributed by atoms with Gasteiger partial charge in [0.05, 0.1) is 0 Å². The minimum absolute atomic E-state index is 0.0367. The van der Waals surface area contributed by atoms with Crippen LogP contribution in [0.5, 0.6) is 0 Å².